The molecule has 0 saturated carbocycles. The Hall–Kier alpha value is -0.0800. The van der Waals surface area contributed by atoms with E-state index in [1.54, 1.807) is 0 Å². The second kappa shape index (κ2) is 4.97. The predicted molar refractivity (Wildman–Crippen MR) is 55.7 cm³/mol. The summed E-state index contributed by atoms with van der Waals surface area (Å²) in [5.41, 5.74) is -1.07. The van der Waals surface area contributed by atoms with Crippen molar-refractivity contribution in [1.82, 2.24) is 0 Å². The van der Waals surface area contributed by atoms with Gasteiger partial charge in [-0.2, -0.15) is 0 Å². The predicted octanol–water partition coefficient (Wildman–Crippen LogP) is 2.48. The van der Waals surface area contributed by atoms with Gasteiger partial charge in [-0.3, -0.25) is 0 Å². The minimum Gasteiger partial charge on any atom is -0.390 e. The van der Waals surface area contributed by atoms with Crippen LogP contribution in [0.1, 0.15) is 59.8 Å². The van der Waals surface area contributed by atoms with Crippen molar-refractivity contribution < 1.29 is 10.2 Å². The maximum absolute atomic E-state index is 9.69. The summed E-state index contributed by atoms with van der Waals surface area (Å²) >= 11 is 0. The number of rotatable bonds is 6. The normalized spacial score (nSPS) is 17.1. The van der Waals surface area contributed by atoms with Gasteiger partial charge in [0.15, 0.2) is 0 Å². The van der Waals surface area contributed by atoms with Crippen LogP contribution < -0.4 is 0 Å². The second-order valence-corrected chi connectivity index (χ2v) is 4.87. The molecule has 1 unspecified atom stereocenters. The highest BCUT2D eigenvalue weighted by Gasteiger charge is 2.17. The van der Waals surface area contributed by atoms with E-state index in [2.05, 4.69) is 0 Å². The van der Waals surface area contributed by atoms with Crippen LogP contribution in [-0.2, 0) is 0 Å². The molecule has 0 fully saturated rings. The fraction of sp³-hybridized carbons (Fsp3) is 1.00. The minimum absolute atomic E-state index is 0.514. The van der Waals surface area contributed by atoms with Crippen LogP contribution >= 0.6 is 0 Å². The number of hydrogen-bond acceptors (Lipinski definition) is 2. The van der Waals surface area contributed by atoms with Crippen LogP contribution in [-0.4, -0.2) is 21.4 Å². The Kier molecular flexibility index (Phi) is 4.93. The van der Waals surface area contributed by atoms with E-state index in [1.165, 1.54) is 0 Å². The van der Waals surface area contributed by atoms with Gasteiger partial charge in [0.2, 0.25) is 0 Å². The molecule has 0 bridgehead atoms. The molecule has 0 heterocycles. The molecule has 0 aromatic rings. The van der Waals surface area contributed by atoms with Crippen molar-refractivity contribution >= 4 is 0 Å². The fourth-order valence-electron chi connectivity index (χ4n) is 1.24. The Labute approximate surface area is 82.0 Å². The van der Waals surface area contributed by atoms with Crippen LogP contribution in [0.15, 0.2) is 0 Å². The summed E-state index contributed by atoms with van der Waals surface area (Å²) in [6.45, 7) is 7.52. The molecule has 0 amide bonds. The Balaban J connectivity index is 3.47. The van der Waals surface area contributed by atoms with Crippen molar-refractivity contribution in [2.75, 3.05) is 0 Å². The summed E-state index contributed by atoms with van der Waals surface area (Å²) in [5, 5.41) is 19.1. The zero-order chi connectivity index (χ0) is 10.5. The third kappa shape index (κ3) is 8.26. The molecule has 0 rings (SSSR count). The van der Waals surface area contributed by atoms with Gasteiger partial charge < -0.3 is 10.2 Å². The molecular formula is C11H24O2. The first-order valence-corrected chi connectivity index (χ1v) is 5.21. The van der Waals surface area contributed by atoms with Gasteiger partial charge in [-0.05, 0) is 40.0 Å². The van der Waals surface area contributed by atoms with Gasteiger partial charge in [-0.15, -0.1) is 0 Å². The maximum atomic E-state index is 9.69. The molecule has 0 radical (unpaired) electrons. The van der Waals surface area contributed by atoms with Gasteiger partial charge in [-0.1, -0.05) is 19.8 Å². The molecule has 0 aromatic heterocycles. The molecule has 80 valence electrons. The van der Waals surface area contributed by atoms with Crippen LogP contribution in [0.4, 0.5) is 0 Å². The monoisotopic (exact) mass is 188 g/mol. The van der Waals surface area contributed by atoms with Gasteiger partial charge in [0, 0.05) is 0 Å². The molecular weight excluding hydrogens is 164 g/mol. The van der Waals surface area contributed by atoms with Crippen molar-refractivity contribution in [3.8, 4) is 0 Å². The topological polar surface area (TPSA) is 40.5 Å². The van der Waals surface area contributed by atoms with E-state index in [-0.39, 0.29) is 0 Å². The van der Waals surface area contributed by atoms with Crippen molar-refractivity contribution in [2.45, 2.75) is 71.0 Å². The minimum atomic E-state index is -0.557. The van der Waals surface area contributed by atoms with E-state index < -0.39 is 11.2 Å². The van der Waals surface area contributed by atoms with Gasteiger partial charge in [-0.25, -0.2) is 0 Å². The van der Waals surface area contributed by atoms with Crippen molar-refractivity contribution in [3.63, 3.8) is 0 Å². The molecule has 13 heavy (non-hydrogen) atoms. The van der Waals surface area contributed by atoms with Gasteiger partial charge in [0.05, 0.1) is 11.2 Å². The van der Waals surface area contributed by atoms with Crippen LogP contribution in [0, 0.1) is 0 Å². The van der Waals surface area contributed by atoms with E-state index in [0.29, 0.717) is 0 Å². The molecule has 2 heteroatoms. The first-order chi connectivity index (χ1) is 5.77. The third-order valence-corrected chi connectivity index (χ3v) is 2.52. The highest BCUT2D eigenvalue weighted by Crippen LogP contribution is 2.20. The highest BCUT2D eigenvalue weighted by atomic mass is 16.3. The number of aliphatic hydroxyl groups is 2. The zero-order valence-corrected chi connectivity index (χ0v) is 9.43. The van der Waals surface area contributed by atoms with Gasteiger partial charge in [0.1, 0.15) is 0 Å². The average molecular weight is 188 g/mol. The maximum Gasteiger partial charge on any atom is 0.0617 e. The van der Waals surface area contributed by atoms with E-state index in [4.69, 9.17) is 0 Å². The first kappa shape index (κ1) is 12.9. The lowest BCUT2D eigenvalue weighted by Gasteiger charge is -2.22. The van der Waals surface area contributed by atoms with E-state index in [1.807, 2.05) is 27.7 Å². The molecule has 0 aliphatic heterocycles. The molecule has 1 atom stereocenters. The van der Waals surface area contributed by atoms with E-state index >= 15 is 0 Å². The Morgan fingerprint density at radius 1 is 0.923 bits per heavy atom. The Morgan fingerprint density at radius 3 is 1.77 bits per heavy atom. The van der Waals surface area contributed by atoms with Crippen LogP contribution in [0.2, 0.25) is 0 Å². The molecule has 0 spiro atoms. The number of hydrogen-bond donors (Lipinski definition) is 2. The molecule has 2 N–H and O–H groups in total. The molecule has 0 aliphatic carbocycles. The summed E-state index contributed by atoms with van der Waals surface area (Å²) in [4.78, 5) is 0. The summed E-state index contributed by atoms with van der Waals surface area (Å²) in [6.07, 6.45) is 4.42. The van der Waals surface area contributed by atoms with Crippen LogP contribution in [0.5, 0.6) is 0 Å². The largest absolute Gasteiger partial charge is 0.390 e. The van der Waals surface area contributed by atoms with Crippen molar-refractivity contribution in [1.29, 1.82) is 0 Å². The first-order valence-electron chi connectivity index (χ1n) is 5.21. The summed E-state index contributed by atoms with van der Waals surface area (Å²) in [5.74, 6) is 0. The lowest BCUT2D eigenvalue weighted by Crippen LogP contribution is -2.23. The molecule has 0 saturated heterocycles. The quantitative estimate of drug-likeness (QED) is 0.629. The van der Waals surface area contributed by atoms with Gasteiger partial charge in [0.25, 0.3) is 0 Å². The Bertz CT molecular complexity index is 134. The highest BCUT2D eigenvalue weighted by molar-refractivity contribution is 4.71. The van der Waals surface area contributed by atoms with E-state index in [0.717, 1.165) is 32.1 Å². The standard InChI is InChI=1S/C11H24O2/c1-5-11(4,13)9-7-6-8-10(2,3)12/h12-13H,5-9H2,1-4H3. The third-order valence-electron chi connectivity index (χ3n) is 2.52. The van der Waals surface area contributed by atoms with Crippen molar-refractivity contribution in [3.05, 3.63) is 0 Å². The summed E-state index contributed by atoms with van der Waals surface area (Å²) < 4.78 is 0. The lowest BCUT2D eigenvalue weighted by atomic mass is 9.93. The summed E-state index contributed by atoms with van der Waals surface area (Å²) in [6, 6.07) is 0. The van der Waals surface area contributed by atoms with Crippen molar-refractivity contribution in [2.24, 2.45) is 0 Å². The number of unbranched alkanes of at least 4 members (excludes halogenated alkanes) is 1. The zero-order valence-electron chi connectivity index (χ0n) is 9.43. The fourth-order valence-corrected chi connectivity index (χ4v) is 1.24. The average Bonchev–Trinajstić information content (AvgIpc) is 1.97. The van der Waals surface area contributed by atoms with Crippen LogP contribution in [0.25, 0.3) is 0 Å². The molecule has 2 nitrogen and oxygen atoms in total. The summed E-state index contributed by atoms with van der Waals surface area (Å²) in [7, 11) is 0. The van der Waals surface area contributed by atoms with Gasteiger partial charge >= 0.3 is 0 Å². The van der Waals surface area contributed by atoms with Crippen LogP contribution in [0.3, 0.4) is 0 Å². The second-order valence-electron chi connectivity index (χ2n) is 4.87. The molecule has 0 aromatic carbocycles. The Morgan fingerprint density at radius 2 is 1.38 bits per heavy atom. The molecule has 0 aliphatic rings. The van der Waals surface area contributed by atoms with E-state index in [9.17, 15) is 10.2 Å². The lowest BCUT2D eigenvalue weighted by molar-refractivity contribution is 0.0372. The smallest absolute Gasteiger partial charge is 0.0617 e. The SMILES string of the molecule is CCC(C)(O)CCCCC(C)(C)O.